The van der Waals surface area contributed by atoms with Gasteiger partial charge in [-0.15, -0.1) is 0 Å². The normalized spacial score (nSPS) is 10.4. The number of carbonyl (C=O) groups excluding carboxylic acids is 2. The Bertz CT molecular complexity index is 987. The van der Waals surface area contributed by atoms with Crippen molar-refractivity contribution in [3.8, 4) is 5.75 Å². The number of amides is 2. The Balaban J connectivity index is 1.74. The maximum atomic E-state index is 13.4. The van der Waals surface area contributed by atoms with E-state index in [4.69, 9.17) is 4.74 Å². The highest BCUT2D eigenvalue weighted by Gasteiger charge is 2.13. The van der Waals surface area contributed by atoms with Crippen LogP contribution in [0.5, 0.6) is 5.75 Å². The summed E-state index contributed by atoms with van der Waals surface area (Å²) in [5.74, 6) is -0.806. The van der Waals surface area contributed by atoms with Gasteiger partial charge < -0.3 is 4.74 Å². The molecule has 3 aromatic rings. The highest BCUT2D eigenvalue weighted by Crippen LogP contribution is 2.18. The summed E-state index contributed by atoms with van der Waals surface area (Å²) in [6, 6.07) is 12.1. The molecule has 0 saturated heterocycles. The number of carbonyl (C=O) groups is 2. The molecule has 7 heteroatoms. The highest BCUT2D eigenvalue weighted by molar-refractivity contribution is 6.01. The van der Waals surface area contributed by atoms with Gasteiger partial charge in [0.15, 0.2) is 0 Å². The van der Waals surface area contributed by atoms with Crippen molar-refractivity contribution in [2.45, 2.75) is 6.92 Å². The molecule has 0 aliphatic rings. The first-order chi connectivity index (χ1) is 12.5. The Kier molecular flexibility index (Phi) is 4.79. The Labute approximate surface area is 149 Å². The molecule has 2 amide bonds. The third kappa shape index (κ3) is 3.61. The van der Waals surface area contributed by atoms with Crippen molar-refractivity contribution in [1.29, 1.82) is 0 Å². The van der Waals surface area contributed by atoms with Crippen molar-refractivity contribution in [2.24, 2.45) is 0 Å². The van der Waals surface area contributed by atoms with Gasteiger partial charge >= 0.3 is 0 Å². The molecule has 6 nitrogen and oxygen atoms in total. The van der Waals surface area contributed by atoms with Gasteiger partial charge in [-0.1, -0.05) is 0 Å². The molecular weight excluding hydrogens is 337 g/mol. The number of rotatable bonds is 3. The maximum Gasteiger partial charge on any atom is 0.271 e. The SMILES string of the molecule is COc1ccc(C(=O)NNC(=O)c2cc3cc(F)ccc3nc2C)cc1. The predicted octanol–water partition coefficient (Wildman–Crippen LogP) is 2.77. The fourth-order valence-corrected chi connectivity index (χ4v) is 2.47. The number of halogens is 1. The van der Waals surface area contributed by atoms with E-state index in [-0.39, 0.29) is 5.56 Å². The van der Waals surface area contributed by atoms with Crippen LogP contribution in [0.2, 0.25) is 0 Å². The lowest BCUT2D eigenvalue weighted by Gasteiger charge is -2.10. The van der Waals surface area contributed by atoms with Crippen LogP contribution in [0.15, 0.2) is 48.5 Å². The summed E-state index contributed by atoms with van der Waals surface area (Å²) in [5.41, 5.74) is 6.35. The van der Waals surface area contributed by atoms with E-state index in [1.807, 2.05) is 0 Å². The fraction of sp³-hybridized carbons (Fsp3) is 0.105. The van der Waals surface area contributed by atoms with Crippen LogP contribution in [-0.4, -0.2) is 23.9 Å². The van der Waals surface area contributed by atoms with Crippen molar-refractivity contribution in [3.63, 3.8) is 0 Å². The van der Waals surface area contributed by atoms with Crippen LogP contribution in [-0.2, 0) is 0 Å². The minimum Gasteiger partial charge on any atom is -0.497 e. The number of ether oxygens (including phenoxy) is 1. The lowest BCUT2D eigenvalue weighted by Crippen LogP contribution is -2.41. The van der Waals surface area contributed by atoms with Crippen LogP contribution in [0, 0.1) is 12.7 Å². The molecule has 0 saturated carbocycles. The second kappa shape index (κ2) is 7.18. The first kappa shape index (κ1) is 17.3. The summed E-state index contributed by atoms with van der Waals surface area (Å²) in [7, 11) is 1.53. The van der Waals surface area contributed by atoms with Crippen molar-refractivity contribution < 1.29 is 18.7 Å². The fourth-order valence-electron chi connectivity index (χ4n) is 2.47. The number of hydrogen-bond acceptors (Lipinski definition) is 4. The smallest absolute Gasteiger partial charge is 0.271 e. The van der Waals surface area contributed by atoms with Gasteiger partial charge in [0.1, 0.15) is 11.6 Å². The lowest BCUT2D eigenvalue weighted by atomic mass is 10.1. The topological polar surface area (TPSA) is 80.3 Å². The van der Waals surface area contributed by atoms with Gasteiger partial charge in [-0.25, -0.2) is 4.39 Å². The third-order valence-corrected chi connectivity index (χ3v) is 3.85. The Hall–Kier alpha value is -3.48. The first-order valence-corrected chi connectivity index (χ1v) is 7.79. The van der Waals surface area contributed by atoms with Crippen LogP contribution >= 0.6 is 0 Å². The number of methoxy groups -OCH3 is 1. The average Bonchev–Trinajstić information content (AvgIpc) is 2.65. The number of benzene rings is 2. The van der Waals surface area contributed by atoms with E-state index in [2.05, 4.69) is 15.8 Å². The van der Waals surface area contributed by atoms with Crippen LogP contribution in [0.4, 0.5) is 4.39 Å². The first-order valence-electron chi connectivity index (χ1n) is 7.79. The van der Waals surface area contributed by atoms with Crippen molar-refractivity contribution >= 4 is 22.7 Å². The monoisotopic (exact) mass is 353 g/mol. The van der Waals surface area contributed by atoms with Crippen molar-refractivity contribution in [3.05, 3.63) is 71.2 Å². The van der Waals surface area contributed by atoms with Gasteiger partial charge in [0.05, 0.1) is 23.9 Å². The van der Waals surface area contributed by atoms with Crippen LogP contribution < -0.4 is 15.6 Å². The minimum absolute atomic E-state index is 0.248. The van der Waals surface area contributed by atoms with Crippen molar-refractivity contribution in [1.82, 2.24) is 15.8 Å². The van der Waals surface area contributed by atoms with E-state index in [0.717, 1.165) is 0 Å². The Morgan fingerprint density at radius 2 is 1.69 bits per heavy atom. The predicted molar refractivity (Wildman–Crippen MR) is 94.4 cm³/mol. The molecule has 0 fully saturated rings. The quantitative estimate of drug-likeness (QED) is 0.710. The van der Waals surface area contributed by atoms with E-state index >= 15 is 0 Å². The molecule has 0 bridgehead atoms. The van der Waals surface area contributed by atoms with Gasteiger partial charge in [0.2, 0.25) is 0 Å². The molecule has 1 aromatic heterocycles. The number of fused-ring (bicyclic) bond motifs is 1. The van der Waals surface area contributed by atoms with E-state index in [1.165, 1.54) is 25.3 Å². The molecule has 0 aliphatic heterocycles. The zero-order valence-corrected chi connectivity index (χ0v) is 14.2. The highest BCUT2D eigenvalue weighted by atomic mass is 19.1. The third-order valence-electron chi connectivity index (χ3n) is 3.85. The zero-order chi connectivity index (χ0) is 18.7. The maximum absolute atomic E-state index is 13.4. The van der Waals surface area contributed by atoms with Gasteiger partial charge in [-0.3, -0.25) is 25.4 Å². The summed E-state index contributed by atoms with van der Waals surface area (Å²) in [6.07, 6.45) is 0. The molecule has 26 heavy (non-hydrogen) atoms. The van der Waals surface area contributed by atoms with Crippen LogP contribution in [0.3, 0.4) is 0 Å². The number of nitrogens with zero attached hydrogens (tertiary/aromatic N) is 1. The van der Waals surface area contributed by atoms with Gasteiger partial charge in [-0.05, 0) is 55.5 Å². The standard InChI is InChI=1S/C19H16FN3O3/c1-11-16(10-13-9-14(20)5-8-17(13)21-11)19(25)23-22-18(24)12-3-6-15(26-2)7-4-12/h3-10H,1-2H3,(H,22,24)(H,23,25). The molecule has 1 heterocycles. The number of hydrazine groups is 1. The van der Waals surface area contributed by atoms with Gasteiger partial charge in [-0.2, -0.15) is 0 Å². The van der Waals surface area contributed by atoms with E-state index in [9.17, 15) is 14.0 Å². The molecule has 0 unspecified atom stereocenters. The second-order valence-electron chi connectivity index (χ2n) is 5.60. The second-order valence-corrected chi connectivity index (χ2v) is 5.60. The van der Waals surface area contributed by atoms with E-state index in [1.54, 1.807) is 37.3 Å². The number of aryl methyl sites for hydroxylation is 1. The van der Waals surface area contributed by atoms with Crippen molar-refractivity contribution in [2.75, 3.05) is 7.11 Å². The zero-order valence-electron chi connectivity index (χ0n) is 14.2. The molecule has 0 spiro atoms. The molecule has 132 valence electrons. The molecule has 2 aromatic carbocycles. The number of aromatic nitrogens is 1. The van der Waals surface area contributed by atoms with Crippen LogP contribution in [0.1, 0.15) is 26.4 Å². The summed E-state index contributed by atoms with van der Waals surface area (Å²) >= 11 is 0. The molecular formula is C19H16FN3O3. The van der Waals surface area contributed by atoms with E-state index in [0.29, 0.717) is 27.9 Å². The number of pyridine rings is 1. The average molecular weight is 353 g/mol. The molecule has 0 radical (unpaired) electrons. The molecule has 0 atom stereocenters. The summed E-state index contributed by atoms with van der Waals surface area (Å²) in [4.78, 5) is 28.7. The van der Waals surface area contributed by atoms with Crippen LogP contribution in [0.25, 0.3) is 10.9 Å². The minimum atomic E-state index is -0.539. The van der Waals surface area contributed by atoms with Gasteiger partial charge in [0.25, 0.3) is 11.8 Å². The largest absolute Gasteiger partial charge is 0.497 e. The molecule has 0 aliphatic carbocycles. The van der Waals surface area contributed by atoms with Gasteiger partial charge in [0, 0.05) is 10.9 Å². The summed E-state index contributed by atoms with van der Waals surface area (Å²) < 4.78 is 18.4. The molecule has 2 N–H and O–H groups in total. The van der Waals surface area contributed by atoms with E-state index < -0.39 is 17.6 Å². The summed E-state index contributed by atoms with van der Waals surface area (Å²) in [6.45, 7) is 1.67. The Morgan fingerprint density at radius 1 is 1.00 bits per heavy atom. The molecule has 3 rings (SSSR count). The summed E-state index contributed by atoms with van der Waals surface area (Å²) in [5, 5.41) is 0.502. The Morgan fingerprint density at radius 3 is 2.38 bits per heavy atom. The number of nitrogens with one attached hydrogen (secondary N) is 2. The number of hydrogen-bond donors (Lipinski definition) is 2. The lowest BCUT2D eigenvalue weighted by molar-refractivity contribution is 0.0846.